The van der Waals surface area contributed by atoms with E-state index in [2.05, 4.69) is 36.1 Å². The van der Waals surface area contributed by atoms with Gasteiger partial charge in [0, 0.05) is 11.4 Å². The van der Waals surface area contributed by atoms with Gasteiger partial charge in [-0.2, -0.15) is 0 Å². The van der Waals surface area contributed by atoms with E-state index in [1.165, 1.54) is 11.4 Å². The Kier molecular flexibility index (Phi) is 4.56. The topological polar surface area (TPSA) is 35.4 Å². The predicted octanol–water partition coefficient (Wildman–Crippen LogP) is 3.26. The Morgan fingerprint density at radius 3 is 2.35 bits per heavy atom. The molecule has 1 N–H and O–H groups in total. The van der Waals surface area contributed by atoms with Crippen molar-refractivity contribution in [1.29, 1.82) is 0 Å². The van der Waals surface area contributed by atoms with Gasteiger partial charge in [0.1, 0.15) is 0 Å². The smallest absolute Gasteiger partial charge is 0.161 e. The largest absolute Gasteiger partial charge is 0.493 e. The van der Waals surface area contributed by atoms with Crippen LogP contribution in [0.4, 0.5) is 0 Å². The lowest BCUT2D eigenvalue weighted by molar-refractivity contribution is 0.310. The molecule has 0 spiro atoms. The van der Waals surface area contributed by atoms with Crippen molar-refractivity contribution in [2.45, 2.75) is 27.3 Å². The Morgan fingerprint density at radius 1 is 1.05 bits per heavy atom. The Morgan fingerprint density at radius 2 is 1.75 bits per heavy atom. The first-order valence-electron chi connectivity index (χ1n) is 6.84. The second-order valence-corrected chi connectivity index (χ2v) is 4.70. The van der Waals surface area contributed by atoms with Crippen molar-refractivity contribution in [2.75, 3.05) is 19.1 Å². The molecule has 1 aromatic carbocycles. The molecule has 0 saturated heterocycles. The predicted molar refractivity (Wildman–Crippen MR) is 81.1 cm³/mol. The minimum Gasteiger partial charge on any atom is -0.493 e. The molecule has 20 heavy (non-hydrogen) atoms. The summed E-state index contributed by atoms with van der Waals surface area (Å²) in [7, 11) is 1.66. The number of benzene rings is 1. The van der Waals surface area contributed by atoms with Crippen LogP contribution in [0.2, 0.25) is 0 Å². The van der Waals surface area contributed by atoms with Gasteiger partial charge in [-0.25, -0.2) is 0 Å². The highest BCUT2D eigenvalue weighted by Gasteiger charge is 2.06. The van der Waals surface area contributed by atoms with Crippen LogP contribution in [0.1, 0.15) is 23.9 Å². The number of rotatable bonds is 6. The Labute approximate surface area is 120 Å². The van der Waals surface area contributed by atoms with Crippen molar-refractivity contribution in [3.05, 3.63) is 47.3 Å². The molecular weight excluding hydrogens is 252 g/mol. The quantitative estimate of drug-likeness (QED) is 0.878. The van der Waals surface area contributed by atoms with Gasteiger partial charge < -0.3 is 14.9 Å². The van der Waals surface area contributed by atoms with Crippen molar-refractivity contribution in [3.63, 3.8) is 0 Å². The number of ether oxygens (including phenoxy) is 2. The van der Waals surface area contributed by atoms with Crippen LogP contribution in [-0.4, -0.2) is 18.4 Å². The molecule has 1 heterocycles. The highest BCUT2D eigenvalue weighted by Crippen LogP contribution is 2.28. The minimum absolute atomic E-state index is 0.628. The lowest BCUT2D eigenvalue weighted by atomic mass is 10.2. The van der Waals surface area contributed by atoms with Crippen molar-refractivity contribution >= 4 is 0 Å². The third-order valence-electron chi connectivity index (χ3n) is 3.24. The summed E-state index contributed by atoms with van der Waals surface area (Å²) in [4.78, 5) is 0. The molecule has 1 aromatic heterocycles. The molecule has 108 valence electrons. The van der Waals surface area contributed by atoms with E-state index >= 15 is 0 Å². The molecule has 0 atom stereocenters. The fourth-order valence-electron chi connectivity index (χ4n) is 2.19. The van der Waals surface area contributed by atoms with E-state index < -0.39 is 0 Å². The van der Waals surface area contributed by atoms with E-state index in [9.17, 15) is 0 Å². The SMILES string of the molecule is CCOc1cc(CNn2c(C)ccc2C)ccc1OC. The third-order valence-corrected chi connectivity index (χ3v) is 3.24. The van der Waals surface area contributed by atoms with Crippen molar-refractivity contribution in [3.8, 4) is 11.5 Å². The highest BCUT2D eigenvalue weighted by molar-refractivity contribution is 5.43. The van der Waals surface area contributed by atoms with Crippen LogP contribution in [0, 0.1) is 13.8 Å². The zero-order valence-electron chi connectivity index (χ0n) is 12.6. The monoisotopic (exact) mass is 274 g/mol. The molecule has 2 rings (SSSR count). The van der Waals surface area contributed by atoms with Crippen molar-refractivity contribution in [1.82, 2.24) is 4.68 Å². The Hall–Kier alpha value is -2.10. The summed E-state index contributed by atoms with van der Waals surface area (Å²) in [5.74, 6) is 1.55. The molecule has 2 aromatic rings. The lowest BCUT2D eigenvalue weighted by Gasteiger charge is -2.14. The van der Waals surface area contributed by atoms with Gasteiger partial charge in [-0.3, -0.25) is 4.68 Å². The Bertz CT molecular complexity index is 556. The van der Waals surface area contributed by atoms with Gasteiger partial charge in [-0.1, -0.05) is 6.07 Å². The zero-order valence-corrected chi connectivity index (χ0v) is 12.6. The molecule has 0 unspecified atom stereocenters. The molecule has 4 heteroatoms. The number of hydrogen-bond donors (Lipinski definition) is 1. The highest BCUT2D eigenvalue weighted by atomic mass is 16.5. The number of aromatic nitrogens is 1. The number of nitrogens with zero attached hydrogens (tertiary/aromatic N) is 1. The second kappa shape index (κ2) is 6.37. The maximum Gasteiger partial charge on any atom is 0.161 e. The maximum atomic E-state index is 5.59. The van der Waals surface area contributed by atoms with Crippen LogP contribution in [0.15, 0.2) is 30.3 Å². The molecule has 0 fully saturated rings. The molecule has 0 aliphatic heterocycles. The summed E-state index contributed by atoms with van der Waals surface area (Å²) in [6, 6.07) is 10.2. The molecule has 0 aliphatic carbocycles. The van der Waals surface area contributed by atoms with E-state index in [-0.39, 0.29) is 0 Å². The summed E-state index contributed by atoms with van der Waals surface area (Å²) in [5.41, 5.74) is 6.95. The molecule has 0 aliphatic rings. The van der Waals surface area contributed by atoms with Gasteiger partial charge in [-0.05, 0) is 50.6 Å². The minimum atomic E-state index is 0.628. The molecule has 0 radical (unpaired) electrons. The molecule has 0 bridgehead atoms. The van der Waals surface area contributed by atoms with Gasteiger partial charge >= 0.3 is 0 Å². The fourth-order valence-corrected chi connectivity index (χ4v) is 2.19. The average molecular weight is 274 g/mol. The van der Waals surface area contributed by atoms with Gasteiger partial charge in [0.05, 0.1) is 20.3 Å². The lowest BCUT2D eigenvalue weighted by Crippen LogP contribution is -2.16. The Balaban J connectivity index is 2.12. The van der Waals surface area contributed by atoms with Crippen LogP contribution in [-0.2, 0) is 6.54 Å². The summed E-state index contributed by atoms with van der Waals surface area (Å²) in [6.07, 6.45) is 0. The van der Waals surface area contributed by atoms with Crippen LogP contribution < -0.4 is 14.9 Å². The normalized spacial score (nSPS) is 10.4. The first-order valence-corrected chi connectivity index (χ1v) is 6.84. The van der Waals surface area contributed by atoms with Crippen LogP contribution in [0.5, 0.6) is 11.5 Å². The van der Waals surface area contributed by atoms with Gasteiger partial charge in [0.2, 0.25) is 0 Å². The van der Waals surface area contributed by atoms with Crippen LogP contribution in [0.3, 0.4) is 0 Å². The van der Waals surface area contributed by atoms with Crippen LogP contribution >= 0.6 is 0 Å². The summed E-state index contributed by atoms with van der Waals surface area (Å²) >= 11 is 0. The van der Waals surface area contributed by atoms with Gasteiger partial charge in [0.25, 0.3) is 0 Å². The van der Waals surface area contributed by atoms with E-state index in [1.807, 2.05) is 25.1 Å². The van der Waals surface area contributed by atoms with E-state index in [1.54, 1.807) is 7.11 Å². The summed E-state index contributed by atoms with van der Waals surface area (Å²) < 4.78 is 13.0. The van der Waals surface area contributed by atoms with Crippen molar-refractivity contribution in [2.24, 2.45) is 0 Å². The first-order chi connectivity index (χ1) is 9.65. The molecule has 0 saturated carbocycles. The van der Waals surface area contributed by atoms with Gasteiger partial charge in [0.15, 0.2) is 11.5 Å². The van der Waals surface area contributed by atoms with E-state index in [4.69, 9.17) is 9.47 Å². The van der Waals surface area contributed by atoms with E-state index in [0.29, 0.717) is 6.61 Å². The average Bonchev–Trinajstić information content (AvgIpc) is 2.76. The summed E-state index contributed by atoms with van der Waals surface area (Å²) in [6.45, 7) is 7.50. The van der Waals surface area contributed by atoms with E-state index in [0.717, 1.165) is 23.6 Å². The molecular formula is C16H22N2O2. The molecule has 4 nitrogen and oxygen atoms in total. The number of aryl methyl sites for hydroxylation is 2. The zero-order chi connectivity index (χ0) is 14.5. The first kappa shape index (κ1) is 14.3. The fraction of sp³-hybridized carbons (Fsp3) is 0.375. The maximum absolute atomic E-state index is 5.59. The second-order valence-electron chi connectivity index (χ2n) is 4.70. The third kappa shape index (κ3) is 3.07. The number of hydrogen-bond acceptors (Lipinski definition) is 3. The van der Waals surface area contributed by atoms with Crippen LogP contribution in [0.25, 0.3) is 0 Å². The number of nitrogens with one attached hydrogen (secondary N) is 1. The van der Waals surface area contributed by atoms with Crippen molar-refractivity contribution < 1.29 is 9.47 Å². The standard InChI is InChI=1S/C16H22N2O2/c1-5-20-16-10-14(8-9-15(16)19-4)11-17-18-12(2)6-7-13(18)3/h6-10,17H,5,11H2,1-4H3. The van der Waals surface area contributed by atoms with Gasteiger partial charge in [-0.15, -0.1) is 0 Å². The summed E-state index contributed by atoms with van der Waals surface area (Å²) in [5, 5.41) is 0. The molecule has 0 amide bonds. The number of methoxy groups -OCH3 is 1.